The summed E-state index contributed by atoms with van der Waals surface area (Å²) in [6, 6.07) is 9.06. The first kappa shape index (κ1) is 44.8. The van der Waals surface area contributed by atoms with Crippen molar-refractivity contribution in [3.63, 3.8) is 0 Å². The number of aromatic nitrogens is 5. The first-order valence-corrected chi connectivity index (χ1v) is 25.0. The molecule has 2 saturated heterocycles. The van der Waals surface area contributed by atoms with Gasteiger partial charge in [0.2, 0.25) is 17.7 Å². The summed E-state index contributed by atoms with van der Waals surface area (Å²) in [5.41, 5.74) is 9.44. The maximum atomic E-state index is 13.9. The van der Waals surface area contributed by atoms with Crippen LogP contribution in [0.15, 0.2) is 47.2 Å². The maximum absolute atomic E-state index is 13.9. The molecule has 0 bridgehead atoms. The van der Waals surface area contributed by atoms with Gasteiger partial charge in [-0.25, -0.2) is 14.8 Å². The van der Waals surface area contributed by atoms with Gasteiger partial charge in [0.25, 0.3) is 0 Å². The van der Waals surface area contributed by atoms with E-state index in [-0.39, 0.29) is 47.1 Å². The number of fused-ring (bicyclic) bond motifs is 3. The van der Waals surface area contributed by atoms with E-state index in [1.807, 2.05) is 61.2 Å². The Bertz CT molecular complexity index is 2870. The van der Waals surface area contributed by atoms with Crippen LogP contribution in [0.25, 0.3) is 54.3 Å². The lowest BCUT2D eigenvalue weighted by Gasteiger charge is -2.30. The van der Waals surface area contributed by atoms with Crippen LogP contribution in [-0.2, 0) is 32.0 Å². The van der Waals surface area contributed by atoms with Gasteiger partial charge in [-0.2, -0.15) is 0 Å². The van der Waals surface area contributed by atoms with E-state index in [9.17, 15) is 19.2 Å². The summed E-state index contributed by atoms with van der Waals surface area (Å²) in [5.74, 6) is 0.920. The molecule has 6 heterocycles. The highest BCUT2D eigenvalue weighted by atomic mass is 32.1. The zero-order valence-corrected chi connectivity index (χ0v) is 40.1. The number of H-pyrrole nitrogens is 2. The first-order chi connectivity index (χ1) is 32.4. The standard InChI is InChI=1S/C51H61N9O6S/c1-7-40(61)57-41(27(2)3)48(62)59-20-10-12-38(59)37-26-52-46(56-37)31-16-15-30(34-25-53-66-43(31)34)45-33-24-51(18-8-9-19-51)23-32(33)44(67-45)29-14-17-35-36(22-29)55-47(54-35)39-13-11-21-60(39)49(63)42(28(4)5)58-50(64)65-6/h14-17,22,25-28,38-39,41-42H,7-13,18-21,23-24H2,1-6H3,(H,52,56)(H,54,55)(H,57,61)(H,58,64). The molecule has 2 aromatic carbocycles. The minimum atomic E-state index is -0.701. The van der Waals surface area contributed by atoms with Gasteiger partial charge >= 0.3 is 6.09 Å². The van der Waals surface area contributed by atoms with Crippen LogP contribution in [-0.4, -0.2) is 91.0 Å². The Balaban J connectivity index is 0.959. The topological polar surface area (TPSA) is 191 Å². The molecule has 4 N–H and O–H groups in total. The number of thiophene rings is 1. The van der Waals surface area contributed by atoms with Gasteiger partial charge in [-0.3, -0.25) is 14.4 Å². The molecule has 6 aromatic rings. The Morgan fingerprint density at radius 1 is 0.851 bits per heavy atom. The van der Waals surface area contributed by atoms with Gasteiger partial charge in [-0.05, 0) is 104 Å². The highest BCUT2D eigenvalue weighted by Crippen LogP contribution is 2.57. The monoisotopic (exact) mass is 927 g/mol. The van der Waals surface area contributed by atoms with Gasteiger partial charge in [0.05, 0.1) is 59.3 Å². The summed E-state index contributed by atoms with van der Waals surface area (Å²) in [4.78, 5) is 75.6. The van der Waals surface area contributed by atoms with Crippen molar-refractivity contribution in [2.45, 2.75) is 129 Å². The molecule has 0 radical (unpaired) electrons. The van der Waals surface area contributed by atoms with E-state index in [4.69, 9.17) is 19.2 Å². The van der Waals surface area contributed by atoms with Gasteiger partial charge in [0.1, 0.15) is 23.7 Å². The Hall–Kier alpha value is -6.03. The largest absolute Gasteiger partial charge is 0.453 e. The number of benzene rings is 2. The molecule has 1 saturated carbocycles. The number of hydrogen-bond donors (Lipinski definition) is 4. The molecule has 4 unspecified atom stereocenters. The number of alkyl carbamates (subject to hydrolysis) is 1. The Morgan fingerprint density at radius 3 is 2.22 bits per heavy atom. The normalized spacial score (nSPS) is 19.9. The smallest absolute Gasteiger partial charge is 0.407 e. The van der Waals surface area contributed by atoms with Crippen LogP contribution < -0.4 is 10.6 Å². The number of hydrogen-bond acceptors (Lipinski definition) is 10. The lowest BCUT2D eigenvalue weighted by molar-refractivity contribution is -0.138. The fourth-order valence-corrected chi connectivity index (χ4v) is 12.8. The molecule has 67 heavy (non-hydrogen) atoms. The second kappa shape index (κ2) is 17.9. The molecular formula is C51H61N9O6S. The van der Waals surface area contributed by atoms with Crippen molar-refractivity contribution < 1.29 is 28.4 Å². The molecule has 4 aliphatic rings. The van der Waals surface area contributed by atoms with Crippen LogP contribution in [0.3, 0.4) is 0 Å². The number of ether oxygens (including phenoxy) is 1. The number of likely N-dealkylation sites (tertiary alicyclic amines) is 2. The van der Waals surface area contributed by atoms with Crippen molar-refractivity contribution in [1.29, 1.82) is 0 Å². The Morgan fingerprint density at radius 2 is 1.52 bits per heavy atom. The molecule has 1 spiro atoms. The Kier molecular flexibility index (Phi) is 12.0. The summed E-state index contributed by atoms with van der Waals surface area (Å²) in [6.45, 7) is 10.8. The zero-order chi connectivity index (χ0) is 46.7. The van der Waals surface area contributed by atoms with Crippen LogP contribution in [0, 0.1) is 17.3 Å². The van der Waals surface area contributed by atoms with E-state index in [0.717, 1.165) is 83.2 Å². The molecule has 10 rings (SSSR count). The summed E-state index contributed by atoms with van der Waals surface area (Å²) in [6.07, 6.45) is 13.7. The molecule has 4 amide bonds. The first-order valence-electron chi connectivity index (χ1n) is 24.2. The van der Waals surface area contributed by atoms with Gasteiger partial charge in [0, 0.05) is 34.8 Å². The van der Waals surface area contributed by atoms with Crippen molar-refractivity contribution in [2.24, 2.45) is 17.3 Å². The van der Waals surface area contributed by atoms with Crippen molar-refractivity contribution in [3.8, 4) is 32.3 Å². The van der Waals surface area contributed by atoms with Crippen LogP contribution in [0.2, 0.25) is 0 Å². The van der Waals surface area contributed by atoms with Crippen LogP contribution in [0.4, 0.5) is 4.79 Å². The Labute approximate surface area is 394 Å². The predicted octanol–water partition coefficient (Wildman–Crippen LogP) is 9.41. The van der Waals surface area contributed by atoms with Crippen molar-refractivity contribution in [1.82, 2.24) is 45.5 Å². The molecule has 352 valence electrons. The van der Waals surface area contributed by atoms with Gasteiger partial charge in [-0.1, -0.05) is 64.7 Å². The van der Waals surface area contributed by atoms with Gasteiger partial charge in [0.15, 0.2) is 5.58 Å². The SMILES string of the molecule is CCC(=O)NC(C(=O)N1CCCC1c1cnc(-c2ccc(-c3sc(-c4ccc5nc(C6CCCN6C(=O)C(NC(=O)OC)C(C)C)[nH]c5c4)c4c3CC3(CCCC3)C4)c3cnoc23)[nH]1)C(C)C. The second-order valence-electron chi connectivity index (χ2n) is 19.9. The maximum Gasteiger partial charge on any atom is 0.407 e. The van der Waals surface area contributed by atoms with Gasteiger partial charge < -0.3 is 39.7 Å². The number of carbonyl (C=O) groups excluding carboxylic acids is 4. The third-order valence-electron chi connectivity index (χ3n) is 15.0. The average Bonchev–Trinajstić information content (AvgIpc) is 4.18. The average molecular weight is 928 g/mol. The molecule has 2 aliphatic carbocycles. The van der Waals surface area contributed by atoms with Crippen LogP contribution in [0.1, 0.15) is 127 Å². The lowest BCUT2D eigenvalue weighted by atomic mass is 9.83. The number of aromatic amines is 2. The number of nitrogens with zero attached hydrogens (tertiary/aromatic N) is 5. The zero-order valence-electron chi connectivity index (χ0n) is 39.3. The minimum Gasteiger partial charge on any atom is -0.453 e. The number of rotatable bonds is 12. The molecular weight excluding hydrogens is 867 g/mol. The lowest BCUT2D eigenvalue weighted by Crippen LogP contribution is -2.51. The van der Waals surface area contributed by atoms with E-state index < -0.39 is 18.2 Å². The number of methoxy groups -OCH3 is 1. The third-order valence-corrected chi connectivity index (χ3v) is 16.3. The molecule has 4 atom stereocenters. The van der Waals surface area contributed by atoms with E-state index in [0.29, 0.717) is 30.9 Å². The van der Waals surface area contributed by atoms with E-state index in [1.54, 1.807) is 6.92 Å². The summed E-state index contributed by atoms with van der Waals surface area (Å²) >= 11 is 1.83. The number of amides is 4. The van der Waals surface area contributed by atoms with Crippen molar-refractivity contribution >= 4 is 57.2 Å². The molecule has 16 heteroatoms. The second-order valence-corrected chi connectivity index (χ2v) is 20.9. The van der Waals surface area contributed by atoms with Crippen molar-refractivity contribution in [2.75, 3.05) is 20.2 Å². The minimum absolute atomic E-state index is 0.0472. The van der Waals surface area contributed by atoms with Crippen molar-refractivity contribution in [3.05, 3.63) is 65.4 Å². The number of imidazole rings is 2. The van der Waals surface area contributed by atoms with E-state index >= 15 is 0 Å². The number of nitrogens with one attached hydrogen (secondary N) is 4. The fraction of sp³-hybridized carbons (Fsp3) is 0.510. The highest BCUT2D eigenvalue weighted by Gasteiger charge is 2.44. The molecule has 3 fully saturated rings. The summed E-state index contributed by atoms with van der Waals surface area (Å²) < 4.78 is 10.9. The fourth-order valence-electron chi connectivity index (χ4n) is 11.4. The molecule has 4 aromatic heterocycles. The van der Waals surface area contributed by atoms with Crippen LogP contribution in [0.5, 0.6) is 0 Å². The molecule has 2 aliphatic heterocycles. The molecule has 15 nitrogen and oxygen atoms in total. The van der Waals surface area contributed by atoms with Gasteiger partial charge in [-0.15, -0.1) is 11.3 Å². The van der Waals surface area contributed by atoms with Crippen LogP contribution >= 0.6 is 11.3 Å². The number of carbonyl (C=O) groups is 4. The predicted molar refractivity (Wildman–Crippen MR) is 257 cm³/mol. The quantitative estimate of drug-likeness (QED) is 0.0926. The van der Waals surface area contributed by atoms with E-state index in [1.165, 1.54) is 53.7 Å². The van der Waals surface area contributed by atoms with E-state index in [2.05, 4.69) is 56.1 Å². The third kappa shape index (κ3) is 8.08. The summed E-state index contributed by atoms with van der Waals surface area (Å²) in [5, 5.41) is 11.0. The summed E-state index contributed by atoms with van der Waals surface area (Å²) in [7, 11) is 1.31. The highest BCUT2D eigenvalue weighted by molar-refractivity contribution is 7.19.